The Morgan fingerprint density at radius 1 is 0.929 bits per heavy atom. The van der Waals surface area contributed by atoms with E-state index in [1.54, 1.807) is 0 Å². The van der Waals surface area contributed by atoms with E-state index in [2.05, 4.69) is 0 Å². The van der Waals surface area contributed by atoms with Crippen molar-refractivity contribution < 1.29 is 78.9 Å². The van der Waals surface area contributed by atoms with Gasteiger partial charge in [-0.2, -0.15) is 0 Å². The Hall–Kier alpha value is 0.860. The van der Waals surface area contributed by atoms with Crippen LogP contribution in [0.2, 0.25) is 0 Å². The molecule has 0 spiro atoms. The molecule has 8 heteroatoms. The zero-order valence-electron chi connectivity index (χ0n) is 8.94. The Morgan fingerprint density at radius 2 is 1.00 bits per heavy atom. The molecule has 72 valence electrons. The van der Waals surface area contributed by atoms with E-state index in [4.69, 9.17) is 11.5 Å². The summed E-state index contributed by atoms with van der Waals surface area (Å²) in [6, 6.07) is -1.69. The molecule has 0 saturated carbocycles. The van der Waals surface area contributed by atoms with Crippen molar-refractivity contribution in [2.75, 3.05) is 0 Å². The van der Waals surface area contributed by atoms with E-state index in [-0.39, 0.29) is 59.1 Å². The van der Waals surface area contributed by atoms with Crippen molar-refractivity contribution in [2.24, 2.45) is 11.5 Å². The summed E-state index contributed by atoms with van der Waals surface area (Å²) in [4.78, 5) is 18.9. The first-order valence-corrected chi connectivity index (χ1v) is 3.22. The first-order valence-electron chi connectivity index (χ1n) is 3.22. The predicted octanol–water partition coefficient (Wildman–Crippen LogP) is -9.83. The molecule has 0 fully saturated rings. The van der Waals surface area contributed by atoms with Crippen LogP contribution in [0.25, 0.3) is 0 Å². The number of hydrogen-bond donors (Lipinski definition) is 2. The number of carbonyl (C=O) groups excluding carboxylic acids is 2. The van der Waals surface area contributed by atoms with Crippen LogP contribution in [0.1, 0.15) is 13.8 Å². The predicted molar refractivity (Wildman–Crippen MR) is 37.3 cm³/mol. The fourth-order valence-corrected chi connectivity index (χ4v) is 0. The molecule has 0 aromatic rings. The largest absolute Gasteiger partial charge is 1.00 e. The van der Waals surface area contributed by atoms with E-state index in [1.165, 1.54) is 13.8 Å². The van der Waals surface area contributed by atoms with Crippen LogP contribution >= 0.6 is 0 Å². The topological polar surface area (TPSA) is 132 Å². The maximum Gasteiger partial charge on any atom is 1.00 e. The zero-order chi connectivity index (χ0) is 10.3. The summed E-state index contributed by atoms with van der Waals surface area (Å²) in [5.74, 6) is -2.43. The molecule has 6 nitrogen and oxygen atoms in total. The molecule has 14 heavy (non-hydrogen) atoms. The molecule has 4 N–H and O–H groups in total. The second-order valence-corrected chi connectivity index (χ2v) is 2.22. The summed E-state index contributed by atoms with van der Waals surface area (Å²) in [5, 5.41) is 18.9. The van der Waals surface area contributed by atoms with Crippen LogP contribution in [0.3, 0.4) is 0 Å². The molecule has 2 atom stereocenters. The number of carboxylic acid groups (broad SMARTS) is 2. The van der Waals surface area contributed by atoms with E-state index in [0.717, 1.165) is 0 Å². The standard InChI is InChI=1S/2C3H7NO2.2Na/c2*1-2(4)3(5)6;;/h2*2H,4H2,1H3,(H,5,6);;/q;;2*+1/p-2. The van der Waals surface area contributed by atoms with Gasteiger partial charge < -0.3 is 31.3 Å². The van der Waals surface area contributed by atoms with Crippen molar-refractivity contribution in [3.8, 4) is 0 Å². The van der Waals surface area contributed by atoms with Gasteiger partial charge in [-0.05, 0) is 13.8 Å². The maximum absolute atomic E-state index is 9.46. The summed E-state index contributed by atoms with van der Waals surface area (Å²) < 4.78 is 0. The van der Waals surface area contributed by atoms with Gasteiger partial charge in [-0.3, -0.25) is 0 Å². The Kier molecular flexibility index (Phi) is 24.0. The first kappa shape index (κ1) is 24.2. The molecule has 0 aliphatic carbocycles. The summed E-state index contributed by atoms with van der Waals surface area (Å²) >= 11 is 0. The van der Waals surface area contributed by atoms with Crippen molar-refractivity contribution in [3.63, 3.8) is 0 Å². The maximum atomic E-state index is 9.46. The minimum absolute atomic E-state index is 0. The smallest absolute Gasteiger partial charge is 0.548 e. The van der Waals surface area contributed by atoms with Gasteiger partial charge in [-0.1, -0.05) is 0 Å². The fraction of sp³-hybridized carbons (Fsp3) is 0.667. The van der Waals surface area contributed by atoms with E-state index >= 15 is 0 Å². The van der Waals surface area contributed by atoms with Gasteiger partial charge in [0.15, 0.2) is 0 Å². The number of nitrogens with two attached hydrogens (primary N) is 2. The minimum Gasteiger partial charge on any atom is -0.548 e. The monoisotopic (exact) mass is 222 g/mol. The SMILES string of the molecule is CC(N)C(=O)[O-].CC(N)C(=O)[O-].[Na+].[Na+]. The third-order valence-corrected chi connectivity index (χ3v) is 0.744. The van der Waals surface area contributed by atoms with E-state index in [9.17, 15) is 19.8 Å². The Bertz CT molecular complexity index is 146. The van der Waals surface area contributed by atoms with Gasteiger partial charge in [0.25, 0.3) is 0 Å². The second-order valence-electron chi connectivity index (χ2n) is 2.22. The molecular weight excluding hydrogens is 210 g/mol. The van der Waals surface area contributed by atoms with Crippen LogP contribution < -0.4 is 80.8 Å². The molecule has 0 rings (SSSR count). The van der Waals surface area contributed by atoms with Crippen LogP contribution in [0.15, 0.2) is 0 Å². The number of carboxylic acids is 2. The third-order valence-electron chi connectivity index (χ3n) is 0.744. The molecule has 0 amide bonds. The van der Waals surface area contributed by atoms with E-state index in [1.807, 2.05) is 0 Å². The summed E-state index contributed by atoms with van der Waals surface area (Å²) in [7, 11) is 0. The second kappa shape index (κ2) is 13.9. The molecule has 0 aliphatic heterocycles. The molecular formula is C6H12N2Na2O4. The Balaban J connectivity index is -0.0000000625. The summed E-state index contributed by atoms with van der Waals surface area (Å²) in [5.41, 5.74) is 9.55. The van der Waals surface area contributed by atoms with Gasteiger partial charge in [0, 0.05) is 12.1 Å². The number of hydrogen-bond acceptors (Lipinski definition) is 6. The van der Waals surface area contributed by atoms with Crippen molar-refractivity contribution in [3.05, 3.63) is 0 Å². The third kappa shape index (κ3) is 23.0. The summed E-state index contributed by atoms with van der Waals surface area (Å²) in [6.45, 7) is 2.71. The van der Waals surface area contributed by atoms with Crippen LogP contribution in [0.4, 0.5) is 0 Å². The zero-order valence-corrected chi connectivity index (χ0v) is 12.9. The van der Waals surface area contributed by atoms with Gasteiger partial charge in [-0.15, -0.1) is 0 Å². The van der Waals surface area contributed by atoms with E-state index < -0.39 is 24.0 Å². The van der Waals surface area contributed by atoms with Crippen molar-refractivity contribution in [1.82, 2.24) is 0 Å². The van der Waals surface area contributed by atoms with Gasteiger partial charge in [0.2, 0.25) is 0 Å². The summed E-state index contributed by atoms with van der Waals surface area (Å²) in [6.07, 6.45) is 0. The molecule has 0 saturated heterocycles. The molecule has 0 radical (unpaired) electrons. The van der Waals surface area contributed by atoms with Gasteiger partial charge >= 0.3 is 59.1 Å². The molecule has 0 heterocycles. The van der Waals surface area contributed by atoms with Crippen molar-refractivity contribution >= 4 is 11.9 Å². The number of aliphatic carboxylic acids is 2. The molecule has 0 bridgehead atoms. The van der Waals surface area contributed by atoms with Gasteiger partial charge in [0.1, 0.15) is 0 Å². The average Bonchev–Trinajstić information content (AvgIpc) is 1.88. The minimum atomic E-state index is -1.21. The van der Waals surface area contributed by atoms with E-state index in [0.29, 0.717) is 0 Å². The van der Waals surface area contributed by atoms with Crippen molar-refractivity contribution in [2.45, 2.75) is 25.9 Å². The van der Waals surface area contributed by atoms with Gasteiger partial charge in [0.05, 0.1) is 11.9 Å². The van der Waals surface area contributed by atoms with Crippen LogP contribution in [0, 0.1) is 0 Å². The fourth-order valence-electron chi connectivity index (χ4n) is 0. The quantitative estimate of drug-likeness (QED) is 0.446. The number of rotatable bonds is 2. The average molecular weight is 222 g/mol. The number of carbonyl (C=O) groups is 2. The van der Waals surface area contributed by atoms with Gasteiger partial charge in [-0.25, -0.2) is 0 Å². The molecule has 2 unspecified atom stereocenters. The van der Waals surface area contributed by atoms with Crippen LogP contribution in [0.5, 0.6) is 0 Å². The normalized spacial score (nSPS) is 11.7. The van der Waals surface area contributed by atoms with Crippen molar-refractivity contribution in [1.29, 1.82) is 0 Å². The Labute approximate surface area is 127 Å². The molecule has 0 aliphatic rings. The first-order chi connectivity index (χ1) is 5.29. The molecule has 0 aromatic heterocycles. The molecule has 0 aromatic carbocycles. The Morgan fingerprint density at radius 3 is 1.00 bits per heavy atom. The van der Waals surface area contributed by atoms with Crippen LogP contribution in [-0.2, 0) is 9.59 Å². The van der Waals surface area contributed by atoms with Crippen LogP contribution in [-0.4, -0.2) is 24.0 Å².